The first-order valence-electron chi connectivity index (χ1n) is 7.22. The van der Waals surface area contributed by atoms with E-state index in [4.69, 9.17) is 11.6 Å². The number of benzene rings is 1. The molecule has 0 bridgehead atoms. The van der Waals surface area contributed by atoms with Gasteiger partial charge in [-0.3, -0.25) is 9.59 Å². The van der Waals surface area contributed by atoms with E-state index in [9.17, 15) is 9.59 Å². The lowest BCUT2D eigenvalue weighted by Gasteiger charge is -2.23. The maximum atomic E-state index is 12.2. The van der Waals surface area contributed by atoms with E-state index in [2.05, 4.69) is 18.5 Å². The van der Waals surface area contributed by atoms with Gasteiger partial charge in [0, 0.05) is 24.2 Å². The summed E-state index contributed by atoms with van der Waals surface area (Å²) in [6.45, 7) is 9.70. The average molecular weight is 333 g/mol. The molecule has 1 aromatic carbocycles. The second kappa shape index (κ2) is 9.64. The van der Waals surface area contributed by atoms with Crippen molar-refractivity contribution in [2.24, 2.45) is 0 Å². The lowest BCUT2D eigenvalue weighted by molar-refractivity contribution is -0.134. The molecule has 1 rings (SSSR count). The van der Waals surface area contributed by atoms with E-state index in [1.54, 1.807) is 54.3 Å². The van der Waals surface area contributed by atoms with Crippen LogP contribution in [0.3, 0.4) is 0 Å². The van der Waals surface area contributed by atoms with Crippen molar-refractivity contribution in [3.63, 3.8) is 0 Å². The Bertz CT molecular complexity index is 584. The summed E-state index contributed by atoms with van der Waals surface area (Å²) in [6, 6.07) is 6.46. The number of nitrogens with zero attached hydrogens (tertiary/aromatic N) is 1. The standard InChI is InChI=1S/C18H21ClN2O2/c1-4-12-21(13-5-2)18(23)14(3)20-17(22)11-8-15-6-9-16(19)10-7-15/h4-11,14H,1-2,12-13H2,3H3,(H,20,22)/b11-8+. The van der Waals surface area contributed by atoms with Crippen molar-refractivity contribution in [2.75, 3.05) is 13.1 Å². The second-order valence-corrected chi connectivity index (χ2v) is 5.37. The Labute approximate surface area is 142 Å². The minimum Gasteiger partial charge on any atom is -0.341 e. The molecule has 0 aliphatic heterocycles. The van der Waals surface area contributed by atoms with Gasteiger partial charge in [0.25, 0.3) is 0 Å². The van der Waals surface area contributed by atoms with Crippen molar-refractivity contribution < 1.29 is 9.59 Å². The number of amides is 2. The molecule has 0 aliphatic carbocycles. The molecule has 1 aromatic rings. The van der Waals surface area contributed by atoms with E-state index in [1.807, 2.05) is 0 Å². The molecule has 5 heteroatoms. The first kappa shape index (κ1) is 18.7. The zero-order chi connectivity index (χ0) is 17.2. The summed E-state index contributed by atoms with van der Waals surface area (Å²) < 4.78 is 0. The van der Waals surface area contributed by atoms with Crippen LogP contribution < -0.4 is 5.32 Å². The monoisotopic (exact) mass is 332 g/mol. The smallest absolute Gasteiger partial charge is 0.245 e. The van der Waals surface area contributed by atoms with Gasteiger partial charge in [0.1, 0.15) is 6.04 Å². The number of hydrogen-bond donors (Lipinski definition) is 1. The van der Waals surface area contributed by atoms with E-state index < -0.39 is 6.04 Å². The Hall–Kier alpha value is -2.33. The number of carbonyl (C=O) groups is 2. The molecule has 1 atom stereocenters. The van der Waals surface area contributed by atoms with Gasteiger partial charge in [-0.15, -0.1) is 13.2 Å². The fourth-order valence-electron chi connectivity index (χ4n) is 1.91. The normalized spacial score (nSPS) is 11.7. The van der Waals surface area contributed by atoms with Crippen LogP contribution in [0.15, 0.2) is 55.7 Å². The lowest BCUT2D eigenvalue weighted by atomic mass is 10.2. The van der Waals surface area contributed by atoms with Crippen molar-refractivity contribution in [3.8, 4) is 0 Å². The molecule has 0 heterocycles. The molecular formula is C18H21ClN2O2. The fraction of sp³-hybridized carbons (Fsp3) is 0.222. The minimum atomic E-state index is -0.628. The van der Waals surface area contributed by atoms with Gasteiger partial charge in [0.05, 0.1) is 0 Å². The van der Waals surface area contributed by atoms with Crippen molar-refractivity contribution in [2.45, 2.75) is 13.0 Å². The van der Waals surface area contributed by atoms with Crippen LogP contribution in [-0.2, 0) is 9.59 Å². The second-order valence-electron chi connectivity index (χ2n) is 4.94. The molecule has 122 valence electrons. The van der Waals surface area contributed by atoms with Crippen molar-refractivity contribution >= 4 is 29.5 Å². The highest BCUT2D eigenvalue weighted by Crippen LogP contribution is 2.10. The first-order valence-corrected chi connectivity index (χ1v) is 7.60. The number of nitrogens with one attached hydrogen (secondary N) is 1. The van der Waals surface area contributed by atoms with Crippen LogP contribution in [0.4, 0.5) is 0 Å². The quantitative estimate of drug-likeness (QED) is 0.587. The Morgan fingerprint density at radius 1 is 1.22 bits per heavy atom. The molecule has 0 radical (unpaired) electrons. The zero-order valence-corrected chi connectivity index (χ0v) is 13.9. The molecule has 2 amide bonds. The van der Waals surface area contributed by atoms with E-state index in [0.717, 1.165) is 5.56 Å². The van der Waals surface area contributed by atoms with E-state index in [0.29, 0.717) is 18.1 Å². The highest BCUT2D eigenvalue weighted by Gasteiger charge is 2.19. The summed E-state index contributed by atoms with van der Waals surface area (Å²) in [4.78, 5) is 25.7. The van der Waals surface area contributed by atoms with Crippen molar-refractivity contribution in [1.82, 2.24) is 10.2 Å². The van der Waals surface area contributed by atoms with Crippen LogP contribution in [0.2, 0.25) is 5.02 Å². The van der Waals surface area contributed by atoms with Gasteiger partial charge in [-0.05, 0) is 30.7 Å². The molecule has 0 saturated heterocycles. The summed E-state index contributed by atoms with van der Waals surface area (Å²) in [5.41, 5.74) is 0.850. The van der Waals surface area contributed by atoms with E-state index >= 15 is 0 Å². The third-order valence-electron chi connectivity index (χ3n) is 3.04. The minimum absolute atomic E-state index is 0.182. The van der Waals surface area contributed by atoms with Crippen LogP contribution in [0.1, 0.15) is 12.5 Å². The third-order valence-corrected chi connectivity index (χ3v) is 3.29. The molecule has 0 saturated carbocycles. The Morgan fingerprint density at radius 3 is 2.30 bits per heavy atom. The van der Waals surface area contributed by atoms with E-state index in [1.165, 1.54) is 6.08 Å². The predicted molar refractivity (Wildman–Crippen MR) is 95.1 cm³/mol. The Balaban J connectivity index is 2.60. The van der Waals surface area contributed by atoms with E-state index in [-0.39, 0.29) is 11.8 Å². The molecule has 1 N–H and O–H groups in total. The van der Waals surface area contributed by atoms with Crippen LogP contribution in [0.25, 0.3) is 6.08 Å². The molecular weight excluding hydrogens is 312 g/mol. The summed E-state index contributed by atoms with van der Waals surface area (Å²) in [5.74, 6) is -0.518. The van der Waals surface area contributed by atoms with Crippen LogP contribution in [0.5, 0.6) is 0 Å². The van der Waals surface area contributed by atoms with Gasteiger partial charge in [-0.25, -0.2) is 0 Å². The summed E-state index contributed by atoms with van der Waals surface area (Å²) in [6.07, 6.45) is 6.32. The van der Waals surface area contributed by atoms with Gasteiger partial charge in [0.15, 0.2) is 0 Å². The van der Waals surface area contributed by atoms with Crippen molar-refractivity contribution in [3.05, 3.63) is 66.2 Å². The number of carbonyl (C=O) groups excluding carboxylic acids is 2. The maximum absolute atomic E-state index is 12.2. The molecule has 0 aliphatic rings. The molecule has 0 spiro atoms. The first-order chi connectivity index (χ1) is 11.0. The molecule has 0 fully saturated rings. The lowest BCUT2D eigenvalue weighted by Crippen LogP contribution is -2.46. The molecule has 1 unspecified atom stereocenters. The van der Waals surface area contributed by atoms with Crippen LogP contribution in [-0.4, -0.2) is 35.8 Å². The zero-order valence-electron chi connectivity index (χ0n) is 13.2. The third kappa shape index (κ3) is 6.53. The van der Waals surface area contributed by atoms with Crippen LogP contribution in [0, 0.1) is 0 Å². The summed E-state index contributed by atoms with van der Waals surface area (Å²) in [5, 5.41) is 3.28. The highest BCUT2D eigenvalue weighted by atomic mass is 35.5. The molecule has 23 heavy (non-hydrogen) atoms. The predicted octanol–water partition coefficient (Wildman–Crippen LogP) is 3.06. The summed E-state index contributed by atoms with van der Waals surface area (Å²) in [7, 11) is 0. The van der Waals surface area contributed by atoms with Gasteiger partial charge in [-0.1, -0.05) is 35.9 Å². The largest absolute Gasteiger partial charge is 0.341 e. The topological polar surface area (TPSA) is 49.4 Å². The Morgan fingerprint density at radius 2 is 1.78 bits per heavy atom. The van der Waals surface area contributed by atoms with Gasteiger partial charge < -0.3 is 10.2 Å². The van der Waals surface area contributed by atoms with Gasteiger partial charge in [0.2, 0.25) is 11.8 Å². The number of halogens is 1. The van der Waals surface area contributed by atoms with Crippen molar-refractivity contribution in [1.29, 1.82) is 0 Å². The molecule has 4 nitrogen and oxygen atoms in total. The Kier molecular flexibility index (Phi) is 7.84. The maximum Gasteiger partial charge on any atom is 0.245 e. The highest BCUT2D eigenvalue weighted by molar-refractivity contribution is 6.30. The van der Waals surface area contributed by atoms with Gasteiger partial charge in [-0.2, -0.15) is 0 Å². The van der Waals surface area contributed by atoms with Gasteiger partial charge >= 0.3 is 0 Å². The number of rotatable bonds is 8. The summed E-state index contributed by atoms with van der Waals surface area (Å²) >= 11 is 5.80. The average Bonchev–Trinajstić information content (AvgIpc) is 2.53. The van der Waals surface area contributed by atoms with Crippen LogP contribution >= 0.6 is 11.6 Å². The molecule has 0 aromatic heterocycles. The number of hydrogen-bond acceptors (Lipinski definition) is 2. The fourth-order valence-corrected chi connectivity index (χ4v) is 2.04. The SMILES string of the molecule is C=CCN(CC=C)C(=O)C(C)NC(=O)/C=C/c1ccc(Cl)cc1.